The standard InChI is InChI=1S/C20H17ClN4O3S/c1-25-19(17-9-12-8-13(21)6-7-16(12)28-17)23-24-20(25)29-11-18(26)22-14-4-3-5-15(10-14)27-2/h3-10H,11H2,1-2H3,(H,22,26). The van der Waals surface area contributed by atoms with Gasteiger partial charge >= 0.3 is 0 Å². The number of thioether (sulfide) groups is 1. The van der Waals surface area contributed by atoms with E-state index >= 15 is 0 Å². The lowest BCUT2D eigenvalue weighted by molar-refractivity contribution is -0.113. The topological polar surface area (TPSA) is 82.2 Å². The zero-order chi connectivity index (χ0) is 20.4. The molecule has 0 saturated carbocycles. The second-order valence-corrected chi connectivity index (χ2v) is 7.61. The third-order valence-electron chi connectivity index (χ3n) is 4.22. The van der Waals surface area contributed by atoms with E-state index in [-0.39, 0.29) is 11.7 Å². The summed E-state index contributed by atoms with van der Waals surface area (Å²) in [6, 6.07) is 14.5. The Labute approximate surface area is 176 Å². The molecule has 1 amide bonds. The highest BCUT2D eigenvalue weighted by Crippen LogP contribution is 2.30. The first-order valence-corrected chi connectivity index (χ1v) is 10.1. The lowest BCUT2D eigenvalue weighted by atomic mass is 10.2. The number of hydrogen-bond acceptors (Lipinski definition) is 6. The van der Waals surface area contributed by atoms with Crippen LogP contribution in [0, 0.1) is 0 Å². The molecule has 7 nitrogen and oxygen atoms in total. The number of aromatic nitrogens is 3. The van der Waals surface area contributed by atoms with Gasteiger partial charge in [0.2, 0.25) is 5.91 Å². The minimum atomic E-state index is -0.147. The fraction of sp³-hybridized carbons (Fsp3) is 0.150. The van der Waals surface area contributed by atoms with Gasteiger partial charge in [-0.15, -0.1) is 10.2 Å². The monoisotopic (exact) mass is 428 g/mol. The van der Waals surface area contributed by atoms with Crippen molar-refractivity contribution in [3.05, 3.63) is 53.6 Å². The Hall–Kier alpha value is -2.97. The normalized spacial score (nSPS) is 11.0. The molecule has 0 aliphatic carbocycles. The van der Waals surface area contributed by atoms with Crippen molar-refractivity contribution in [1.82, 2.24) is 14.8 Å². The minimum absolute atomic E-state index is 0.147. The zero-order valence-electron chi connectivity index (χ0n) is 15.7. The van der Waals surface area contributed by atoms with Gasteiger partial charge in [0.1, 0.15) is 11.3 Å². The Morgan fingerprint density at radius 2 is 2.10 bits per heavy atom. The quantitative estimate of drug-likeness (QED) is 0.451. The van der Waals surface area contributed by atoms with Crippen molar-refractivity contribution in [2.75, 3.05) is 18.2 Å². The van der Waals surface area contributed by atoms with E-state index in [0.29, 0.717) is 33.2 Å². The molecule has 0 saturated heterocycles. The maximum absolute atomic E-state index is 12.3. The number of amides is 1. The number of rotatable bonds is 6. The van der Waals surface area contributed by atoms with Gasteiger partial charge in [-0.2, -0.15) is 0 Å². The van der Waals surface area contributed by atoms with E-state index in [1.807, 2.05) is 37.4 Å². The van der Waals surface area contributed by atoms with Gasteiger partial charge in [-0.3, -0.25) is 4.79 Å². The summed E-state index contributed by atoms with van der Waals surface area (Å²) < 4.78 is 12.8. The molecule has 0 unspecified atom stereocenters. The Morgan fingerprint density at radius 1 is 1.24 bits per heavy atom. The van der Waals surface area contributed by atoms with E-state index in [9.17, 15) is 4.79 Å². The van der Waals surface area contributed by atoms with Crippen LogP contribution in [-0.2, 0) is 11.8 Å². The first-order valence-electron chi connectivity index (χ1n) is 8.69. The molecule has 9 heteroatoms. The summed E-state index contributed by atoms with van der Waals surface area (Å²) in [5.74, 6) is 1.89. The SMILES string of the molecule is COc1cccc(NC(=O)CSc2nnc(-c3cc4cc(Cl)ccc4o3)n2C)c1. The molecule has 4 rings (SSSR count). The van der Waals surface area contributed by atoms with Crippen LogP contribution in [0.2, 0.25) is 5.02 Å². The number of methoxy groups -OCH3 is 1. The predicted octanol–water partition coefficient (Wildman–Crippen LogP) is 4.62. The van der Waals surface area contributed by atoms with E-state index in [2.05, 4.69) is 15.5 Å². The van der Waals surface area contributed by atoms with Gasteiger partial charge in [-0.25, -0.2) is 0 Å². The van der Waals surface area contributed by atoms with Gasteiger partial charge in [-0.05, 0) is 36.4 Å². The number of ether oxygens (including phenoxy) is 1. The van der Waals surface area contributed by atoms with Crippen LogP contribution in [0.4, 0.5) is 5.69 Å². The first kappa shape index (κ1) is 19.4. The molecule has 2 aromatic carbocycles. The molecule has 1 N–H and O–H groups in total. The number of fused-ring (bicyclic) bond motifs is 1. The molecule has 4 aromatic rings. The summed E-state index contributed by atoms with van der Waals surface area (Å²) in [7, 11) is 3.41. The summed E-state index contributed by atoms with van der Waals surface area (Å²) in [6.45, 7) is 0. The number of halogens is 1. The second-order valence-electron chi connectivity index (χ2n) is 6.23. The lowest BCUT2D eigenvalue weighted by Crippen LogP contribution is -2.14. The van der Waals surface area contributed by atoms with Gasteiger partial charge in [0, 0.05) is 29.2 Å². The largest absolute Gasteiger partial charge is 0.497 e. The van der Waals surface area contributed by atoms with E-state index in [1.54, 1.807) is 29.9 Å². The summed E-state index contributed by atoms with van der Waals surface area (Å²) in [5.41, 5.74) is 1.40. The first-order chi connectivity index (χ1) is 14.0. The van der Waals surface area contributed by atoms with Gasteiger partial charge in [0.25, 0.3) is 0 Å². The smallest absolute Gasteiger partial charge is 0.234 e. The Bertz CT molecular complexity index is 1190. The van der Waals surface area contributed by atoms with E-state index in [0.717, 1.165) is 11.0 Å². The molecule has 0 atom stereocenters. The summed E-state index contributed by atoms with van der Waals surface area (Å²) in [4.78, 5) is 12.3. The van der Waals surface area contributed by atoms with Gasteiger partial charge in [0.15, 0.2) is 16.7 Å². The highest BCUT2D eigenvalue weighted by Gasteiger charge is 2.16. The molecule has 148 valence electrons. The van der Waals surface area contributed by atoms with Gasteiger partial charge in [0.05, 0.1) is 12.9 Å². The van der Waals surface area contributed by atoms with Crippen molar-refractivity contribution >= 4 is 45.9 Å². The van der Waals surface area contributed by atoms with E-state index < -0.39 is 0 Å². The lowest BCUT2D eigenvalue weighted by Gasteiger charge is -2.07. The molecule has 0 bridgehead atoms. The molecule has 29 heavy (non-hydrogen) atoms. The number of carbonyl (C=O) groups is 1. The van der Waals surface area contributed by atoms with Crippen LogP contribution >= 0.6 is 23.4 Å². The van der Waals surface area contributed by atoms with Gasteiger partial charge < -0.3 is 19.0 Å². The maximum atomic E-state index is 12.3. The van der Waals surface area contributed by atoms with Crippen LogP contribution in [0.15, 0.2) is 58.1 Å². The van der Waals surface area contributed by atoms with Crippen LogP contribution in [0.3, 0.4) is 0 Å². The van der Waals surface area contributed by atoms with Crippen LogP contribution < -0.4 is 10.1 Å². The zero-order valence-corrected chi connectivity index (χ0v) is 17.3. The fourth-order valence-electron chi connectivity index (χ4n) is 2.81. The molecule has 0 fully saturated rings. The molecular formula is C20H17ClN4O3S. The highest BCUT2D eigenvalue weighted by atomic mass is 35.5. The Balaban J connectivity index is 1.44. The molecule has 0 aliphatic heterocycles. The number of nitrogens with zero attached hydrogens (tertiary/aromatic N) is 3. The molecule has 0 radical (unpaired) electrons. The van der Waals surface area contributed by atoms with Crippen molar-refractivity contribution < 1.29 is 13.9 Å². The molecule has 2 aromatic heterocycles. The number of nitrogens with one attached hydrogen (secondary N) is 1. The van der Waals surface area contributed by atoms with Crippen LogP contribution in [0.1, 0.15) is 0 Å². The van der Waals surface area contributed by atoms with Crippen LogP contribution in [0.5, 0.6) is 5.75 Å². The van der Waals surface area contributed by atoms with Crippen LogP contribution in [-0.4, -0.2) is 33.5 Å². The number of benzene rings is 2. The third-order valence-corrected chi connectivity index (χ3v) is 5.47. The highest BCUT2D eigenvalue weighted by molar-refractivity contribution is 7.99. The van der Waals surface area contributed by atoms with E-state index in [1.165, 1.54) is 11.8 Å². The minimum Gasteiger partial charge on any atom is -0.497 e. The second kappa shape index (κ2) is 8.18. The van der Waals surface area contributed by atoms with E-state index in [4.69, 9.17) is 20.8 Å². The van der Waals surface area contributed by atoms with Crippen molar-refractivity contribution in [2.24, 2.45) is 7.05 Å². The number of carbonyl (C=O) groups excluding carboxylic acids is 1. The molecular weight excluding hydrogens is 412 g/mol. The Kier molecular flexibility index (Phi) is 5.46. The summed E-state index contributed by atoms with van der Waals surface area (Å²) in [5, 5.41) is 13.4. The van der Waals surface area contributed by atoms with Gasteiger partial charge in [-0.1, -0.05) is 29.4 Å². The summed E-state index contributed by atoms with van der Waals surface area (Å²) in [6.07, 6.45) is 0. The number of furan rings is 1. The summed E-state index contributed by atoms with van der Waals surface area (Å²) >= 11 is 7.32. The molecule has 2 heterocycles. The number of anilines is 1. The fourth-order valence-corrected chi connectivity index (χ4v) is 3.70. The third kappa shape index (κ3) is 4.23. The maximum Gasteiger partial charge on any atom is 0.234 e. The van der Waals surface area contributed by atoms with Crippen molar-refractivity contribution in [3.8, 4) is 17.3 Å². The Morgan fingerprint density at radius 3 is 2.93 bits per heavy atom. The number of hydrogen-bond donors (Lipinski definition) is 1. The van der Waals surface area contributed by atoms with Crippen LogP contribution in [0.25, 0.3) is 22.6 Å². The molecule has 0 aliphatic rings. The molecule has 0 spiro atoms. The van der Waals surface area contributed by atoms with Crippen molar-refractivity contribution in [3.63, 3.8) is 0 Å². The average Bonchev–Trinajstić information content (AvgIpc) is 3.29. The predicted molar refractivity (Wildman–Crippen MR) is 114 cm³/mol. The van der Waals surface area contributed by atoms with Crippen molar-refractivity contribution in [1.29, 1.82) is 0 Å². The van der Waals surface area contributed by atoms with Crippen molar-refractivity contribution in [2.45, 2.75) is 5.16 Å². The average molecular weight is 429 g/mol.